The van der Waals surface area contributed by atoms with Crippen LogP contribution in [0.1, 0.15) is 26.2 Å². The summed E-state index contributed by atoms with van der Waals surface area (Å²) in [6, 6.07) is 7.93. The van der Waals surface area contributed by atoms with E-state index in [4.69, 9.17) is 16.3 Å². The van der Waals surface area contributed by atoms with E-state index in [1.807, 2.05) is 24.3 Å². The molecule has 2 nitrogen and oxygen atoms in total. The summed E-state index contributed by atoms with van der Waals surface area (Å²) < 4.78 is 7.29. The van der Waals surface area contributed by atoms with Gasteiger partial charge in [-0.15, -0.1) is 0 Å². The predicted molar refractivity (Wildman–Crippen MR) is 77.9 cm³/mol. The average molecular weight is 334 g/mol. The van der Waals surface area contributed by atoms with Crippen LogP contribution in [0.4, 0.5) is 0 Å². The Hall–Kier alpha value is -0.471. The molecule has 0 aliphatic heterocycles. The van der Waals surface area contributed by atoms with Gasteiger partial charge in [0, 0.05) is 0 Å². The Morgan fingerprint density at radius 3 is 2.50 bits per heavy atom. The fraction of sp³-hybridized carbons (Fsp3) is 0.429. The van der Waals surface area contributed by atoms with Crippen molar-refractivity contribution in [2.24, 2.45) is 0 Å². The SMILES string of the molecule is CCCC/C(Cl)=C(\CO)[Se]c1ccc(OC)cc1. The first kappa shape index (κ1) is 15.6. The van der Waals surface area contributed by atoms with Crippen LogP contribution in [0.3, 0.4) is 0 Å². The summed E-state index contributed by atoms with van der Waals surface area (Å²) >= 11 is 6.33. The summed E-state index contributed by atoms with van der Waals surface area (Å²) in [5, 5.41) is 10.2. The Bertz CT molecular complexity index is 387. The van der Waals surface area contributed by atoms with Crippen LogP contribution < -0.4 is 9.20 Å². The molecule has 1 rings (SSSR count). The third kappa shape index (κ3) is 5.03. The predicted octanol–water partition coefficient (Wildman–Crippen LogP) is 2.66. The number of hydrogen-bond acceptors (Lipinski definition) is 2. The van der Waals surface area contributed by atoms with Crippen LogP contribution in [0, 0.1) is 0 Å². The van der Waals surface area contributed by atoms with Gasteiger partial charge in [0.25, 0.3) is 0 Å². The fourth-order valence-corrected chi connectivity index (χ4v) is 3.57. The molecule has 0 bridgehead atoms. The Labute approximate surface area is 120 Å². The van der Waals surface area contributed by atoms with Gasteiger partial charge in [-0.25, -0.2) is 0 Å². The van der Waals surface area contributed by atoms with Crippen molar-refractivity contribution in [2.45, 2.75) is 26.2 Å². The van der Waals surface area contributed by atoms with E-state index in [0.29, 0.717) is 0 Å². The van der Waals surface area contributed by atoms with Gasteiger partial charge in [0.1, 0.15) is 0 Å². The first-order valence-electron chi connectivity index (χ1n) is 6.01. The maximum atomic E-state index is 9.41. The van der Waals surface area contributed by atoms with Crippen molar-refractivity contribution in [1.82, 2.24) is 0 Å². The maximum absolute atomic E-state index is 9.41. The molecule has 1 N–H and O–H groups in total. The van der Waals surface area contributed by atoms with Crippen molar-refractivity contribution in [2.75, 3.05) is 13.7 Å². The van der Waals surface area contributed by atoms with Crippen molar-refractivity contribution in [3.05, 3.63) is 33.8 Å². The third-order valence-corrected chi connectivity index (χ3v) is 5.54. The van der Waals surface area contributed by atoms with E-state index in [2.05, 4.69) is 6.92 Å². The van der Waals surface area contributed by atoms with Crippen LogP contribution in [0.25, 0.3) is 0 Å². The number of benzene rings is 1. The molecule has 0 amide bonds. The Morgan fingerprint density at radius 2 is 2.00 bits per heavy atom. The molecule has 0 aliphatic rings. The second kappa shape index (κ2) is 8.60. The Kier molecular flexibility index (Phi) is 7.45. The summed E-state index contributed by atoms with van der Waals surface area (Å²) in [4.78, 5) is 0. The van der Waals surface area contributed by atoms with Crippen LogP contribution >= 0.6 is 11.6 Å². The van der Waals surface area contributed by atoms with Gasteiger partial charge in [0.2, 0.25) is 0 Å². The zero-order valence-corrected chi connectivity index (χ0v) is 13.2. The summed E-state index contributed by atoms with van der Waals surface area (Å²) in [6.07, 6.45) is 3.05. The zero-order chi connectivity index (χ0) is 13.4. The molecule has 0 atom stereocenters. The van der Waals surface area contributed by atoms with Gasteiger partial charge < -0.3 is 0 Å². The van der Waals surface area contributed by atoms with Crippen LogP contribution in [0.2, 0.25) is 0 Å². The second-order valence-electron chi connectivity index (χ2n) is 3.87. The Balaban J connectivity index is 2.72. The molecule has 0 heterocycles. The molecule has 0 radical (unpaired) electrons. The fourth-order valence-electron chi connectivity index (χ4n) is 1.43. The van der Waals surface area contributed by atoms with Gasteiger partial charge in [0.05, 0.1) is 0 Å². The van der Waals surface area contributed by atoms with E-state index in [1.165, 1.54) is 4.46 Å². The number of methoxy groups -OCH3 is 1. The zero-order valence-electron chi connectivity index (χ0n) is 10.8. The number of halogens is 1. The van der Waals surface area contributed by atoms with Crippen molar-refractivity contribution >= 4 is 31.0 Å². The normalized spacial score (nSPS) is 12.2. The van der Waals surface area contributed by atoms with Crippen molar-refractivity contribution in [3.63, 3.8) is 0 Å². The molecule has 0 fully saturated rings. The Morgan fingerprint density at radius 1 is 1.33 bits per heavy atom. The van der Waals surface area contributed by atoms with Crippen LogP contribution in [-0.2, 0) is 0 Å². The second-order valence-corrected chi connectivity index (χ2v) is 6.77. The summed E-state index contributed by atoms with van der Waals surface area (Å²) in [6.45, 7) is 2.19. The number of ether oxygens (including phenoxy) is 1. The molecule has 0 saturated heterocycles. The third-order valence-electron chi connectivity index (χ3n) is 2.50. The molecule has 0 aliphatic carbocycles. The van der Waals surface area contributed by atoms with Crippen molar-refractivity contribution in [1.29, 1.82) is 0 Å². The van der Waals surface area contributed by atoms with Crippen molar-refractivity contribution in [3.8, 4) is 5.75 Å². The van der Waals surface area contributed by atoms with Gasteiger partial charge >= 0.3 is 120 Å². The average Bonchev–Trinajstić information content (AvgIpc) is 2.42. The van der Waals surface area contributed by atoms with Crippen LogP contribution in [-0.4, -0.2) is 33.8 Å². The van der Waals surface area contributed by atoms with E-state index in [9.17, 15) is 5.11 Å². The molecular weight excluding hydrogens is 315 g/mol. The molecule has 100 valence electrons. The minimum absolute atomic E-state index is 0.0502. The minimum atomic E-state index is 0.0502. The van der Waals surface area contributed by atoms with Crippen molar-refractivity contribution < 1.29 is 9.84 Å². The number of hydrogen-bond donors (Lipinski definition) is 1. The summed E-state index contributed by atoms with van der Waals surface area (Å²) in [7, 11) is 1.65. The summed E-state index contributed by atoms with van der Waals surface area (Å²) in [5.74, 6) is 0.848. The monoisotopic (exact) mass is 334 g/mol. The van der Waals surface area contributed by atoms with Gasteiger partial charge in [-0.05, 0) is 0 Å². The van der Waals surface area contributed by atoms with Gasteiger partial charge in [-0.1, -0.05) is 0 Å². The van der Waals surface area contributed by atoms with E-state index < -0.39 is 0 Å². The number of aliphatic hydroxyl groups is 1. The standard InChI is InChI=1S/C14H19ClO2Se/c1-3-4-5-13(15)14(10-16)18-12-8-6-11(17-2)7-9-12/h6-9,16H,3-5,10H2,1-2H3/b14-13-. The van der Waals surface area contributed by atoms with E-state index >= 15 is 0 Å². The van der Waals surface area contributed by atoms with Gasteiger partial charge in [-0.3, -0.25) is 0 Å². The molecule has 1 aromatic rings. The first-order chi connectivity index (χ1) is 8.71. The quantitative estimate of drug-likeness (QED) is 0.777. The van der Waals surface area contributed by atoms with E-state index in [-0.39, 0.29) is 21.6 Å². The molecule has 0 spiro atoms. The molecule has 0 saturated carbocycles. The number of unbranched alkanes of at least 4 members (excludes halogenated alkanes) is 1. The van der Waals surface area contributed by atoms with Gasteiger partial charge in [0.15, 0.2) is 0 Å². The molecule has 18 heavy (non-hydrogen) atoms. The number of rotatable bonds is 7. The molecule has 0 aromatic heterocycles. The molecule has 4 heteroatoms. The molecule has 1 aromatic carbocycles. The number of allylic oxidation sites excluding steroid dienone is 1. The van der Waals surface area contributed by atoms with Crippen LogP contribution in [0.5, 0.6) is 5.75 Å². The van der Waals surface area contributed by atoms with Crippen LogP contribution in [0.15, 0.2) is 33.8 Å². The van der Waals surface area contributed by atoms with Gasteiger partial charge in [-0.2, -0.15) is 0 Å². The molecule has 0 unspecified atom stereocenters. The topological polar surface area (TPSA) is 29.5 Å². The number of aliphatic hydroxyl groups excluding tert-OH is 1. The summed E-state index contributed by atoms with van der Waals surface area (Å²) in [5.41, 5.74) is 0. The first-order valence-corrected chi connectivity index (χ1v) is 8.10. The van der Waals surface area contributed by atoms with E-state index in [1.54, 1.807) is 7.11 Å². The van der Waals surface area contributed by atoms with E-state index in [0.717, 1.165) is 34.5 Å². The molecular formula is C14H19ClO2Se.